The van der Waals surface area contributed by atoms with E-state index in [1.54, 1.807) is 0 Å². The van der Waals surface area contributed by atoms with Crippen LogP contribution >= 0.6 is 0 Å². The van der Waals surface area contributed by atoms with Gasteiger partial charge in [-0.3, -0.25) is 9.59 Å². The van der Waals surface area contributed by atoms with Gasteiger partial charge in [-0.2, -0.15) is 0 Å². The molecule has 0 aromatic carbocycles. The van der Waals surface area contributed by atoms with Gasteiger partial charge in [0.2, 0.25) is 5.91 Å². The molecule has 2 aliphatic rings. The third-order valence-corrected chi connectivity index (χ3v) is 4.52. The van der Waals surface area contributed by atoms with Crippen molar-refractivity contribution in [1.82, 2.24) is 10.2 Å². The van der Waals surface area contributed by atoms with Crippen LogP contribution < -0.4 is 5.32 Å². The number of carboxylic acids is 1. The third kappa shape index (κ3) is 3.39. The number of aliphatic carboxylic acids is 1. The van der Waals surface area contributed by atoms with Crippen LogP contribution in [0.4, 0.5) is 0 Å². The maximum Gasteiger partial charge on any atom is 0.307 e. The Labute approximate surface area is 120 Å². The van der Waals surface area contributed by atoms with Gasteiger partial charge in [0.25, 0.3) is 0 Å². The van der Waals surface area contributed by atoms with Crippen molar-refractivity contribution in [3.8, 4) is 0 Å². The first kappa shape index (κ1) is 15.0. The number of carbonyl (C=O) groups is 2. The van der Waals surface area contributed by atoms with Crippen molar-refractivity contribution < 1.29 is 14.7 Å². The number of piperidine rings is 1. The average Bonchev–Trinajstić information content (AvgIpc) is 2.41. The molecule has 2 N–H and O–H groups in total. The second-order valence-electron chi connectivity index (χ2n) is 6.14. The molecule has 1 amide bonds. The highest BCUT2D eigenvalue weighted by Gasteiger charge is 2.36. The lowest BCUT2D eigenvalue weighted by atomic mass is 9.82. The van der Waals surface area contributed by atoms with Crippen molar-refractivity contribution in [2.45, 2.75) is 32.2 Å². The number of nitrogens with zero attached hydrogens (tertiary/aromatic N) is 1. The largest absolute Gasteiger partial charge is 0.481 e. The van der Waals surface area contributed by atoms with Gasteiger partial charge in [0.1, 0.15) is 0 Å². The number of amides is 1. The number of allylic oxidation sites excluding steroid dienone is 2. The number of likely N-dealkylation sites (tertiary alicyclic amines) is 1. The molecule has 112 valence electrons. The molecule has 2 rings (SSSR count). The molecule has 5 heteroatoms. The van der Waals surface area contributed by atoms with E-state index in [1.807, 2.05) is 12.2 Å². The lowest BCUT2D eigenvalue weighted by molar-refractivity contribution is -0.147. The Balaban J connectivity index is 1.96. The maximum absolute atomic E-state index is 12.4. The summed E-state index contributed by atoms with van der Waals surface area (Å²) < 4.78 is 0. The minimum atomic E-state index is -0.870. The highest BCUT2D eigenvalue weighted by Crippen LogP contribution is 2.27. The second kappa shape index (κ2) is 6.39. The van der Waals surface area contributed by atoms with Crippen LogP contribution in [0.15, 0.2) is 12.2 Å². The van der Waals surface area contributed by atoms with E-state index in [1.165, 1.54) is 0 Å². The Morgan fingerprint density at radius 2 is 1.90 bits per heavy atom. The van der Waals surface area contributed by atoms with E-state index in [-0.39, 0.29) is 11.9 Å². The summed E-state index contributed by atoms with van der Waals surface area (Å²) in [4.78, 5) is 25.9. The van der Waals surface area contributed by atoms with Gasteiger partial charge in [-0.1, -0.05) is 19.1 Å². The highest BCUT2D eigenvalue weighted by molar-refractivity contribution is 5.85. The van der Waals surface area contributed by atoms with Crippen LogP contribution in [0.25, 0.3) is 0 Å². The molecule has 1 heterocycles. The molecule has 0 saturated carbocycles. The fourth-order valence-corrected chi connectivity index (χ4v) is 3.24. The summed E-state index contributed by atoms with van der Waals surface area (Å²) in [7, 11) is 2.08. The molecule has 1 saturated heterocycles. The molecular weight excluding hydrogens is 256 g/mol. The first-order chi connectivity index (χ1) is 9.49. The Kier molecular flexibility index (Phi) is 4.81. The quantitative estimate of drug-likeness (QED) is 0.760. The zero-order valence-corrected chi connectivity index (χ0v) is 12.2. The van der Waals surface area contributed by atoms with Gasteiger partial charge in [-0.15, -0.1) is 0 Å². The van der Waals surface area contributed by atoms with Crippen LogP contribution in [0.1, 0.15) is 26.2 Å². The Bertz CT molecular complexity index is 408. The fraction of sp³-hybridized carbons (Fsp3) is 0.733. The van der Waals surface area contributed by atoms with E-state index in [0.717, 1.165) is 19.5 Å². The Hall–Kier alpha value is -1.36. The van der Waals surface area contributed by atoms with Gasteiger partial charge in [-0.05, 0) is 38.8 Å². The van der Waals surface area contributed by atoms with E-state index in [2.05, 4.69) is 24.2 Å². The zero-order valence-electron chi connectivity index (χ0n) is 12.2. The van der Waals surface area contributed by atoms with E-state index in [9.17, 15) is 14.7 Å². The summed E-state index contributed by atoms with van der Waals surface area (Å²) in [6.07, 6.45) is 5.70. The molecule has 4 atom stereocenters. The summed E-state index contributed by atoms with van der Waals surface area (Å²) in [5.74, 6) is -1.57. The molecule has 1 fully saturated rings. The second-order valence-corrected chi connectivity index (χ2v) is 6.14. The van der Waals surface area contributed by atoms with Crippen molar-refractivity contribution in [2.75, 3.05) is 20.1 Å². The Morgan fingerprint density at radius 3 is 2.50 bits per heavy atom. The standard InChI is InChI=1S/C15H24N2O3/c1-10-9-17(2)8-7-13(10)16-14(18)11-5-3-4-6-12(11)15(19)20/h3-4,10-13H,5-9H2,1-2H3,(H,16,18)(H,19,20). The third-order valence-electron chi connectivity index (χ3n) is 4.52. The number of hydrogen-bond donors (Lipinski definition) is 2. The zero-order chi connectivity index (χ0) is 14.7. The van der Waals surface area contributed by atoms with Gasteiger partial charge in [0, 0.05) is 12.6 Å². The number of rotatable bonds is 3. The first-order valence-corrected chi connectivity index (χ1v) is 7.35. The van der Waals surface area contributed by atoms with Crippen LogP contribution in [0.3, 0.4) is 0 Å². The van der Waals surface area contributed by atoms with Gasteiger partial charge < -0.3 is 15.3 Å². The summed E-state index contributed by atoms with van der Waals surface area (Å²) in [5, 5.41) is 12.3. The number of hydrogen-bond acceptors (Lipinski definition) is 3. The topological polar surface area (TPSA) is 69.6 Å². The summed E-state index contributed by atoms with van der Waals surface area (Å²) in [5.41, 5.74) is 0. The van der Waals surface area contributed by atoms with E-state index in [4.69, 9.17) is 0 Å². The molecule has 0 spiro atoms. The predicted octanol–water partition coefficient (Wildman–Crippen LogP) is 1.11. The minimum Gasteiger partial charge on any atom is -0.481 e. The summed E-state index contributed by atoms with van der Waals surface area (Å²) in [6.45, 7) is 4.08. The van der Waals surface area contributed by atoms with E-state index in [0.29, 0.717) is 18.8 Å². The van der Waals surface area contributed by atoms with Gasteiger partial charge in [0.05, 0.1) is 11.8 Å². The van der Waals surface area contributed by atoms with Crippen LogP contribution in [0.2, 0.25) is 0 Å². The normalized spacial score (nSPS) is 34.7. The van der Waals surface area contributed by atoms with Crippen molar-refractivity contribution in [2.24, 2.45) is 17.8 Å². The maximum atomic E-state index is 12.4. The predicted molar refractivity (Wildman–Crippen MR) is 76.2 cm³/mol. The molecule has 0 bridgehead atoms. The average molecular weight is 280 g/mol. The lowest BCUT2D eigenvalue weighted by Gasteiger charge is -2.36. The Morgan fingerprint density at radius 1 is 1.25 bits per heavy atom. The highest BCUT2D eigenvalue weighted by atomic mass is 16.4. The van der Waals surface area contributed by atoms with Gasteiger partial charge in [-0.25, -0.2) is 0 Å². The fourth-order valence-electron chi connectivity index (χ4n) is 3.24. The lowest BCUT2D eigenvalue weighted by Crippen LogP contribution is -2.51. The van der Waals surface area contributed by atoms with Gasteiger partial charge in [0.15, 0.2) is 0 Å². The van der Waals surface area contributed by atoms with Crippen molar-refractivity contribution in [3.05, 3.63) is 12.2 Å². The van der Waals surface area contributed by atoms with Crippen LogP contribution in [0.5, 0.6) is 0 Å². The van der Waals surface area contributed by atoms with Crippen molar-refractivity contribution >= 4 is 11.9 Å². The van der Waals surface area contributed by atoms with Crippen molar-refractivity contribution in [1.29, 1.82) is 0 Å². The number of carboxylic acid groups (broad SMARTS) is 1. The summed E-state index contributed by atoms with van der Waals surface area (Å²) in [6, 6.07) is 0.166. The molecule has 1 aliphatic carbocycles. The van der Waals surface area contributed by atoms with Crippen LogP contribution in [-0.4, -0.2) is 48.1 Å². The molecular formula is C15H24N2O3. The van der Waals surface area contributed by atoms with Crippen LogP contribution in [-0.2, 0) is 9.59 Å². The van der Waals surface area contributed by atoms with Gasteiger partial charge >= 0.3 is 5.97 Å². The monoisotopic (exact) mass is 280 g/mol. The molecule has 1 aliphatic heterocycles. The number of carbonyl (C=O) groups excluding carboxylic acids is 1. The minimum absolute atomic E-state index is 0.0943. The molecule has 0 radical (unpaired) electrons. The smallest absolute Gasteiger partial charge is 0.307 e. The van der Waals surface area contributed by atoms with Crippen LogP contribution in [0, 0.1) is 17.8 Å². The molecule has 0 aromatic heterocycles. The SMILES string of the molecule is CC1CN(C)CCC1NC(=O)C1CC=CCC1C(=O)O. The molecule has 5 nitrogen and oxygen atoms in total. The molecule has 4 unspecified atom stereocenters. The van der Waals surface area contributed by atoms with Crippen molar-refractivity contribution in [3.63, 3.8) is 0 Å². The van der Waals surface area contributed by atoms with E-state index >= 15 is 0 Å². The summed E-state index contributed by atoms with van der Waals surface area (Å²) >= 11 is 0. The number of nitrogens with one attached hydrogen (secondary N) is 1. The molecule has 0 aromatic rings. The first-order valence-electron chi connectivity index (χ1n) is 7.35. The van der Waals surface area contributed by atoms with E-state index < -0.39 is 17.8 Å². The molecule has 20 heavy (non-hydrogen) atoms.